The highest BCUT2D eigenvalue weighted by molar-refractivity contribution is 6.02. The fourth-order valence-electron chi connectivity index (χ4n) is 1.32. The van der Waals surface area contributed by atoms with Gasteiger partial charge >= 0.3 is 0 Å². The van der Waals surface area contributed by atoms with Crippen LogP contribution in [0.25, 0.3) is 0 Å². The summed E-state index contributed by atoms with van der Waals surface area (Å²) < 4.78 is 0. The van der Waals surface area contributed by atoms with Crippen LogP contribution < -0.4 is 4.90 Å². The molecule has 0 aliphatic heterocycles. The van der Waals surface area contributed by atoms with Crippen LogP contribution in [0.15, 0.2) is 24.3 Å². The van der Waals surface area contributed by atoms with Crippen molar-refractivity contribution in [3.05, 3.63) is 40.2 Å². The van der Waals surface area contributed by atoms with Crippen molar-refractivity contribution in [1.82, 2.24) is 20.6 Å². The summed E-state index contributed by atoms with van der Waals surface area (Å²) in [5.74, 6) is -0.534. The van der Waals surface area contributed by atoms with Gasteiger partial charge in [-0.25, -0.2) is 0 Å². The molecule has 1 amide bonds. The molecule has 2 rings (SSSR count). The Morgan fingerprint density at radius 1 is 1.39 bits per heavy atom. The van der Waals surface area contributed by atoms with E-state index in [4.69, 9.17) is 0 Å². The number of carbonyl (C=O) groups excluding carboxylic acids is 1. The Bertz CT molecular complexity index is 564. The topological polar surface area (TPSA) is 118 Å². The molecule has 9 nitrogen and oxygen atoms in total. The predicted octanol–water partition coefficient (Wildman–Crippen LogP) is 0.384. The lowest BCUT2D eigenvalue weighted by atomic mass is 10.2. The molecule has 0 spiro atoms. The lowest BCUT2D eigenvalue weighted by Gasteiger charge is -2.14. The maximum atomic E-state index is 11.8. The lowest BCUT2D eigenvalue weighted by Crippen LogP contribution is -2.27. The quantitative estimate of drug-likeness (QED) is 0.619. The van der Waals surface area contributed by atoms with Gasteiger partial charge in [0.2, 0.25) is 0 Å². The molecule has 0 unspecified atom stereocenters. The predicted molar refractivity (Wildman–Crippen MR) is 60.0 cm³/mol. The van der Waals surface area contributed by atoms with Crippen LogP contribution in [-0.4, -0.2) is 38.5 Å². The minimum Gasteiger partial charge on any atom is -0.309 e. The zero-order chi connectivity index (χ0) is 13.1. The number of tetrazole rings is 1. The summed E-state index contributed by atoms with van der Waals surface area (Å²) in [4.78, 5) is 23.1. The Morgan fingerprint density at radius 2 is 2.06 bits per heavy atom. The Kier molecular flexibility index (Phi) is 2.96. The second-order valence-corrected chi connectivity index (χ2v) is 3.37. The molecule has 9 heteroatoms. The number of rotatable bonds is 3. The first-order valence-corrected chi connectivity index (χ1v) is 4.85. The first kappa shape index (κ1) is 11.6. The van der Waals surface area contributed by atoms with E-state index >= 15 is 0 Å². The van der Waals surface area contributed by atoms with Crippen molar-refractivity contribution in [3.8, 4) is 0 Å². The summed E-state index contributed by atoms with van der Waals surface area (Å²) in [7, 11) is 1.51. The third-order valence-corrected chi connectivity index (χ3v) is 2.29. The number of aromatic amines is 1. The summed E-state index contributed by atoms with van der Waals surface area (Å²) in [6.07, 6.45) is 0. The van der Waals surface area contributed by atoms with Gasteiger partial charge in [0.15, 0.2) is 0 Å². The number of anilines is 1. The molecule has 1 aromatic carbocycles. The van der Waals surface area contributed by atoms with Gasteiger partial charge in [-0.05, 0) is 17.3 Å². The van der Waals surface area contributed by atoms with Crippen molar-refractivity contribution >= 4 is 17.3 Å². The average Bonchev–Trinajstić information content (AvgIpc) is 2.91. The molecule has 0 bridgehead atoms. The number of nitro benzene ring substituents is 1. The highest BCUT2D eigenvalue weighted by Crippen LogP contribution is 2.19. The Labute approximate surface area is 101 Å². The van der Waals surface area contributed by atoms with Crippen LogP contribution in [0.2, 0.25) is 0 Å². The molecule has 0 aliphatic rings. The fourth-order valence-corrected chi connectivity index (χ4v) is 1.32. The van der Waals surface area contributed by atoms with E-state index in [9.17, 15) is 14.9 Å². The van der Waals surface area contributed by atoms with E-state index in [1.54, 1.807) is 0 Å². The van der Waals surface area contributed by atoms with Crippen LogP contribution in [0.1, 0.15) is 10.6 Å². The molecule has 18 heavy (non-hydrogen) atoms. The standard InChI is InChI=1S/C9H8N6O3/c1-14(9(16)8-10-12-13-11-8)6-2-4-7(5-3-6)15(17)18/h2-5H,1H3,(H,10,11,12,13). The van der Waals surface area contributed by atoms with Gasteiger partial charge in [0.1, 0.15) is 0 Å². The van der Waals surface area contributed by atoms with E-state index < -0.39 is 10.8 Å². The number of aromatic nitrogens is 4. The fraction of sp³-hybridized carbons (Fsp3) is 0.111. The monoisotopic (exact) mass is 248 g/mol. The van der Waals surface area contributed by atoms with Crippen molar-refractivity contribution < 1.29 is 9.72 Å². The molecule has 0 saturated heterocycles. The van der Waals surface area contributed by atoms with E-state index in [2.05, 4.69) is 20.6 Å². The Balaban J connectivity index is 2.21. The second kappa shape index (κ2) is 4.57. The third kappa shape index (κ3) is 2.14. The summed E-state index contributed by atoms with van der Waals surface area (Å²) in [5, 5.41) is 23.1. The van der Waals surface area contributed by atoms with Crippen LogP contribution in [0, 0.1) is 10.1 Å². The molecule has 0 radical (unpaired) electrons. The molecule has 0 saturated carbocycles. The molecular formula is C9H8N6O3. The van der Waals surface area contributed by atoms with Crippen molar-refractivity contribution in [2.75, 3.05) is 11.9 Å². The number of nitrogens with one attached hydrogen (secondary N) is 1. The van der Waals surface area contributed by atoms with Crippen LogP contribution in [0.4, 0.5) is 11.4 Å². The first-order chi connectivity index (χ1) is 8.59. The largest absolute Gasteiger partial charge is 0.309 e. The minimum absolute atomic E-state index is 0.0424. The number of hydrogen-bond donors (Lipinski definition) is 1. The third-order valence-electron chi connectivity index (χ3n) is 2.29. The van der Waals surface area contributed by atoms with E-state index in [0.717, 1.165) is 0 Å². The molecule has 0 atom stereocenters. The smallest absolute Gasteiger partial charge is 0.299 e. The normalized spacial score (nSPS) is 10.1. The minimum atomic E-state index is -0.509. The maximum Gasteiger partial charge on any atom is 0.299 e. The zero-order valence-corrected chi connectivity index (χ0v) is 9.27. The summed E-state index contributed by atoms with van der Waals surface area (Å²) in [5.41, 5.74) is 0.453. The zero-order valence-electron chi connectivity index (χ0n) is 9.27. The van der Waals surface area contributed by atoms with Gasteiger partial charge in [-0.15, -0.1) is 10.2 Å². The molecule has 1 N–H and O–H groups in total. The highest BCUT2D eigenvalue weighted by atomic mass is 16.6. The highest BCUT2D eigenvalue weighted by Gasteiger charge is 2.18. The van der Waals surface area contributed by atoms with Gasteiger partial charge in [0.05, 0.1) is 4.92 Å². The maximum absolute atomic E-state index is 11.8. The molecule has 1 heterocycles. The van der Waals surface area contributed by atoms with E-state index in [1.807, 2.05) is 0 Å². The van der Waals surface area contributed by atoms with Gasteiger partial charge in [0.25, 0.3) is 17.4 Å². The van der Waals surface area contributed by atoms with E-state index in [0.29, 0.717) is 5.69 Å². The summed E-state index contributed by atoms with van der Waals surface area (Å²) >= 11 is 0. The van der Waals surface area contributed by atoms with Crippen LogP contribution >= 0.6 is 0 Å². The Morgan fingerprint density at radius 3 is 2.56 bits per heavy atom. The van der Waals surface area contributed by atoms with Crippen molar-refractivity contribution in [1.29, 1.82) is 0 Å². The summed E-state index contributed by atoms with van der Waals surface area (Å²) in [6, 6.07) is 5.57. The van der Waals surface area contributed by atoms with Gasteiger partial charge in [-0.2, -0.15) is 5.21 Å². The molecule has 1 aromatic heterocycles. The van der Waals surface area contributed by atoms with Crippen LogP contribution in [0.3, 0.4) is 0 Å². The number of benzene rings is 1. The molecule has 0 fully saturated rings. The number of nitrogens with zero attached hydrogens (tertiary/aromatic N) is 5. The lowest BCUT2D eigenvalue weighted by molar-refractivity contribution is -0.384. The van der Waals surface area contributed by atoms with Gasteiger partial charge in [0, 0.05) is 24.9 Å². The molecule has 92 valence electrons. The van der Waals surface area contributed by atoms with Gasteiger partial charge < -0.3 is 4.90 Å². The van der Waals surface area contributed by atoms with E-state index in [1.165, 1.54) is 36.2 Å². The van der Waals surface area contributed by atoms with Crippen LogP contribution in [-0.2, 0) is 0 Å². The van der Waals surface area contributed by atoms with Gasteiger partial charge in [-0.3, -0.25) is 14.9 Å². The number of non-ortho nitro benzene ring substituents is 1. The van der Waals surface area contributed by atoms with Crippen LogP contribution in [0.5, 0.6) is 0 Å². The van der Waals surface area contributed by atoms with E-state index in [-0.39, 0.29) is 11.5 Å². The van der Waals surface area contributed by atoms with Crippen molar-refractivity contribution in [3.63, 3.8) is 0 Å². The van der Waals surface area contributed by atoms with Gasteiger partial charge in [-0.1, -0.05) is 0 Å². The average molecular weight is 248 g/mol. The molecule has 2 aromatic rings. The molecule has 0 aliphatic carbocycles. The number of hydrogen-bond acceptors (Lipinski definition) is 6. The number of carbonyl (C=O) groups is 1. The first-order valence-electron chi connectivity index (χ1n) is 4.85. The number of H-pyrrole nitrogens is 1. The summed E-state index contributed by atoms with van der Waals surface area (Å²) in [6.45, 7) is 0. The van der Waals surface area contributed by atoms with Crippen molar-refractivity contribution in [2.45, 2.75) is 0 Å². The number of amides is 1. The Hall–Kier alpha value is -2.84. The SMILES string of the molecule is CN(C(=O)c1nn[nH]n1)c1ccc([N+](=O)[O-])cc1. The number of nitro groups is 1. The molecular weight excluding hydrogens is 240 g/mol. The van der Waals surface area contributed by atoms with Crippen molar-refractivity contribution in [2.24, 2.45) is 0 Å². The second-order valence-electron chi connectivity index (χ2n) is 3.37.